The van der Waals surface area contributed by atoms with Crippen molar-refractivity contribution in [2.45, 2.75) is 45.4 Å². The number of hydrogen-bond donors (Lipinski definition) is 0. The van der Waals surface area contributed by atoms with Crippen LogP contribution in [0.5, 0.6) is 5.75 Å². The maximum absolute atomic E-state index is 14.3. The van der Waals surface area contributed by atoms with E-state index in [0.29, 0.717) is 12.2 Å². The van der Waals surface area contributed by atoms with Crippen LogP contribution in [0.4, 0.5) is 4.39 Å². The first-order valence-electron chi connectivity index (χ1n) is 9.26. The van der Waals surface area contributed by atoms with Gasteiger partial charge in [-0.2, -0.15) is 0 Å². The third-order valence-electron chi connectivity index (χ3n) is 4.33. The van der Waals surface area contributed by atoms with E-state index >= 15 is 0 Å². The van der Waals surface area contributed by atoms with Crippen molar-refractivity contribution in [3.8, 4) is 16.9 Å². The lowest BCUT2D eigenvalue weighted by molar-refractivity contribution is 0.0601. The van der Waals surface area contributed by atoms with E-state index in [1.807, 2.05) is 6.07 Å². The van der Waals surface area contributed by atoms with Gasteiger partial charge in [0.2, 0.25) is 0 Å². The Bertz CT molecular complexity index is 695. The second-order valence-electron chi connectivity index (χ2n) is 6.33. The van der Waals surface area contributed by atoms with Crippen LogP contribution in [0.3, 0.4) is 0 Å². The molecule has 0 aliphatic heterocycles. The minimum absolute atomic E-state index is 0.286. The highest BCUT2D eigenvalue weighted by Gasteiger charge is 2.08. The van der Waals surface area contributed by atoms with Gasteiger partial charge < -0.3 is 9.47 Å². The number of hydrogen-bond acceptors (Lipinski definition) is 3. The summed E-state index contributed by atoms with van der Waals surface area (Å²) in [6.07, 6.45) is 7.04. The molecule has 140 valence electrons. The van der Waals surface area contributed by atoms with Gasteiger partial charge in [-0.25, -0.2) is 9.18 Å². The molecule has 0 unspecified atom stereocenters. The van der Waals surface area contributed by atoms with Crippen molar-refractivity contribution in [3.05, 3.63) is 53.8 Å². The first kappa shape index (κ1) is 20.0. The van der Waals surface area contributed by atoms with E-state index in [1.54, 1.807) is 30.3 Å². The molecule has 3 nitrogen and oxygen atoms in total. The van der Waals surface area contributed by atoms with Crippen molar-refractivity contribution in [1.29, 1.82) is 0 Å². The second kappa shape index (κ2) is 10.6. The molecular weight excluding hydrogens is 331 g/mol. The van der Waals surface area contributed by atoms with E-state index in [1.165, 1.54) is 38.9 Å². The van der Waals surface area contributed by atoms with E-state index in [2.05, 4.69) is 11.7 Å². The number of benzene rings is 2. The summed E-state index contributed by atoms with van der Waals surface area (Å²) in [7, 11) is 1.34. The molecular formula is C22H27FO3. The number of carbonyl (C=O) groups is 1. The molecule has 0 aliphatic rings. The van der Waals surface area contributed by atoms with Crippen LogP contribution in [0.2, 0.25) is 0 Å². The molecule has 0 aromatic heterocycles. The minimum atomic E-state index is -0.388. The summed E-state index contributed by atoms with van der Waals surface area (Å²) in [5, 5.41) is 0. The summed E-state index contributed by atoms with van der Waals surface area (Å²) in [6.45, 7) is 2.74. The number of rotatable bonds is 10. The van der Waals surface area contributed by atoms with Crippen molar-refractivity contribution >= 4 is 5.97 Å². The fourth-order valence-electron chi connectivity index (χ4n) is 2.78. The highest BCUT2D eigenvalue weighted by atomic mass is 19.1. The van der Waals surface area contributed by atoms with Crippen molar-refractivity contribution < 1.29 is 18.7 Å². The second-order valence-corrected chi connectivity index (χ2v) is 6.33. The predicted octanol–water partition coefficient (Wildman–Crippen LogP) is 6.02. The van der Waals surface area contributed by atoms with Gasteiger partial charge >= 0.3 is 5.97 Å². The summed E-state index contributed by atoms with van der Waals surface area (Å²) in [4.78, 5) is 11.5. The fourth-order valence-corrected chi connectivity index (χ4v) is 2.78. The van der Waals surface area contributed by atoms with Crippen LogP contribution in [0.25, 0.3) is 11.1 Å². The molecule has 26 heavy (non-hydrogen) atoms. The summed E-state index contributed by atoms with van der Waals surface area (Å²) in [5.41, 5.74) is 2.04. The molecule has 2 aromatic carbocycles. The van der Waals surface area contributed by atoms with E-state index in [0.717, 1.165) is 24.0 Å². The number of carbonyl (C=O) groups excluding carboxylic acids is 1. The molecule has 0 atom stereocenters. The zero-order chi connectivity index (χ0) is 18.8. The Hall–Kier alpha value is -2.36. The Kier molecular flexibility index (Phi) is 8.13. The molecule has 0 heterocycles. The van der Waals surface area contributed by atoms with Gasteiger partial charge in [-0.05, 0) is 41.8 Å². The number of ether oxygens (including phenoxy) is 2. The molecule has 0 radical (unpaired) electrons. The lowest BCUT2D eigenvalue weighted by atomic mass is 10.0. The summed E-state index contributed by atoms with van der Waals surface area (Å²) >= 11 is 0. The molecule has 2 aromatic rings. The molecule has 0 spiro atoms. The molecule has 4 heteroatoms. The van der Waals surface area contributed by atoms with Gasteiger partial charge in [-0.1, -0.05) is 57.2 Å². The molecule has 2 rings (SSSR count). The third kappa shape index (κ3) is 5.87. The quantitative estimate of drug-likeness (QED) is 0.385. The average Bonchev–Trinajstić information content (AvgIpc) is 2.67. The van der Waals surface area contributed by atoms with Crippen LogP contribution in [-0.2, 0) is 4.74 Å². The van der Waals surface area contributed by atoms with Gasteiger partial charge in [0.05, 0.1) is 19.3 Å². The molecule has 0 aliphatic carbocycles. The highest BCUT2D eigenvalue weighted by molar-refractivity contribution is 5.89. The zero-order valence-corrected chi connectivity index (χ0v) is 15.6. The van der Waals surface area contributed by atoms with Crippen molar-refractivity contribution in [2.75, 3.05) is 13.7 Å². The van der Waals surface area contributed by atoms with Crippen LogP contribution >= 0.6 is 0 Å². The Morgan fingerprint density at radius 2 is 1.58 bits per heavy atom. The van der Waals surface area contributed by atoms with Crippen LogP contribution in [0.15, 0.2) is 42.5 Å². The van der Waals surface area contributed by atoms with Gasteiger partial charge in [0.25, 0.3) is 0 Å². The van der Waals surface area contributed by atoms with E-state index in [4.69, 9.17) is 4.74 Å². The number of unbranched alkanes of at least 4 members (excludes halogenated alkanes) is 5. The van der Waals surface area contributed by atoms with E-state index in [-0.39, 0.29) is 17.5 Å². The SMILES string of the molecule is CCCCCCCCOc1ccc(-c2ccc(C(=O)OC)cc2)cc1F. The molecule has 0 N–H and O–H groups in total. The number of methoxy groups -OCH3 is 1. The summed E-state index contributed by atoms with van der Waals surface area (Å²) < 4.78 is 24.5. The van der Waals surface area contributed by atoms with Crippen molar-refractivity contribution in [3.63, 3.8) is 0 Å². The van der Waals surface area contributed by atoms with Gasteiger partial charge in [-0.15, -0.1) is 0 Å². The Morgan fingerprint density at radius 3 is 2.23 bits per heavy atom. The third-order valence-corrected chi connectivity index (χ3v) is 4.33. The lowest BCUT2D eigenvalue weighted by Crippen LogP contribution is -2.00. The number of esters is 1. The van der Waals surface area contributed by atoms with Crippen LogP contribution in [0.1, 0.15) is 55.8 Å². The fraction of sp³-hybridized carbons (Fsp3) is 0.409. The van der Waals surface area contributed by atoms with Crippen molar-refractivity contribution in [1.82, 2.24) is 0 Å². The predicted molar refractivity (Wildman–Crippen MR) is 102 cm³/mol. The maximum atomic E-state index is 14.3. The standard InChI is InChI=1S/C22H27FO3/c1-3-4-5-6-7-8-15-26-21-14-13-19(16-20(21)23)17-9-11-18(12-10-17)22(24)25-2/h9-14,16H,3-8,15H2,1-2H3. The zero-order valence-electron chi connectivity index (χ0n) is 15.6. The highest BCUT2D eigenvalue weighted by Crippen LogP contribution is 2.26. The van der Waals surface area contributed by atoms with Gasteiger partial charge in [0.1, 0.15) is 0 Å². The van der Waals surface area contributed by atoms with Crippen LogP contribution in [-0.4, -0.2) is 19.7 Å². The Morgan fingerprint density at radius 1 is 0.923 bits per heavy atom. The topological polar surface area (TPSA) is 35.5 Å². The first-order chi connectivity index (χ1) is 12.7. The minimum Gasteiger partial charge on any atom is -0.491 e. The van der Waals surface area contributed by atoms with Gasteiger partial charge in [0, 0.05) is 0 Å². The van der Waals surface area contributed by atoms with E-state index in [9.17, 15) is 9.18 Å². The lowest BCUT2D eigenvalue weighted by Gasteiger charge is -2.09. The van der Waals surface area contributed by atoms with Gasteiger partial charge in [0.15, 0.2) is 11.6 Å². The smallest absolute Gasteiger partial charge is 0.337 e. The largest absolute Gasteiger partial charge is 0.491 e. The summed E-state index contributed by atoms with van der Waals surface area (Å²) in [6, 6.07) is 11.8. The summed E-state index contributed by atoms with van der Waals surface area (Å²) in [5.74, 6) is -0.472. The Labute approximate surface area is 155 Å². The molecule has 0 saturated carbocycles. The van der Waals surface area contributed by atoms with Crippen LogP contribution in [0, 0.1) is 5.82 Å². The molecule has 0 saturated heterocycles. The van der Waals surface area contributed by atoms with Gasteiger partial charge in [-0.3, -0.25) is 0 Å². The maximum Gasteiger partial charge on any atom is 0.337 e. The first-order valence-corrected chi connectivity index (χ1v) is 9.26. The molecule has 0 amide bonds. The average molecular weight is 358 g/mol. The molecule has 0 bridgehead atoms. The molecule has 0 fully saturated rings. The normalized spacial score (nSPS) is 10.6. The Balaban J connectivity index is 1.89. The monoisotopic (exact) mass is 358 g/mol. The van der Waals surface area contributed by atoms with E-state index < -0.39 is 0 Å². The van der Waals surface area contributed by atoms with Crippen molar-refractivity contribution in [2.24, 2.45) is 0 Å². The van der Waals surface area contributed by atoms with Crippen LogP contribution < -0.4 is 4.74 Å². The number of halogens is 1.